The van der Waals surface area contributed by atoms with Crippen LogP contribution in [-0.4, -0.2) is 51.2 Å². The third-order valence-electron chi connectivity index (χ3n) is 5.24. The first kappa shape index (κ1) is 21.0. The van der Waals surface area contributed by atoms with E-state index in [1.807, 2.05) is 31.3 Å². The van der Waals surface area contributed by atoms with Crippen LogP contribution in [0.2, 0.25) is 0 Å². The number of methoxy groups -OCH3 is 1. The quantitative estimate of drug-likeness (QED) is 0.570. The van der Waals surface area contributed by atoms with Gasteiger partial charge in [0.1, 0.15) is 11.6 Å². The number of guanidine groups is 1. The maximum Gasteiger partial charge on any atom is 0.193 e. The molecular formula is C23H31FN4O. The fourth-order valence-corrected chi connectivity index (χ4v) is 3.72. The van der Waals surface area contributed by atoms with Crippen LogP contribution in [0.25, 0.3) is 0 Å². The van der Waals surface area contributed by atoms with Crippen LogP contribution < -0.4 is 15.0 Å². The van der Waals surface area contributed by atoms with Gasteiger partial charge in [0, 0.05) is 39.8 Å². The highest BCUT2D eigenvalue weighted by atomic mass is 19.1. The zero-order valence-electron chi connectivity index (χ0n) is 17.6. The molecule has 1 atom stereocenters. The van der Waals surface area contributed by atoms with Gasteiger partial charge < -0.3 is 19.9 Å². The molecule has 156 valence electrons. The number of nitrogens with zero attached hydrogens (tertiary/aromatic N) is 3. The Morgan fingerprint density at radius 1 is 1.24 bits per heavy atom. The summed E-state index contributed by atoms with van der Waals surface area (Å²) in [4.78, 5) is 9.35. The number of aliphatic imine (C=N–C) groups is 1. The fraction of sp³-hybridized carbons (Fsp3) is 0.435. The van der Waals surface area contributed by atoms with Crippen molar-refractivity contribution in [2.75, 3.05) is 45.2 Å². The Balaban J connectivity index is 1.60. The number of para-hydroxylation sites is 2. The zero-order chi connectivity index (χ0) is 20.6. The van der Waals surface area contributed by atoms with Gasteiger partial charge in [0.15, 0.2) is 5.96 Å². The van der Waals surface area contributed by atoms with Gasteiger partial charge in [-0.3, -0.25) is 4.99 Å². The van der Waals surface area contributed by atoms with Crippen LogP contribution in [0.3, 0.4) is 0 Å². The standard InChI is InChI=1S/C23H31FN4O/c1-4-25-23(27(2)16-18-9-11-20(24)12-10-18)26-15-19-13-14-28(17-19)21-7-5-6-8-22(21)29-3/h5-12,19H,4,13-17H2,1-3H3,(H,25,26). The molecule has 0 amide bonds. The lowest BCUT2D eigenvalue weighted by Crippen LogP contribution is -2.39. The Hall–Kier alpha value is -2.76. The van der Waals surface area contributed by atoms with Crippen molar-refractivity contribution in [3.8, 4) is 5.75 Å². The van der Waals surface area contributed by atoms with Gasteiger partial charge in [0.05, 0.1) is 12.8 Å². The van der Waals surface area contributed by atoms with Gasteiger partial charge in [-0.2, -0.15) is 0 Å². The molecule has 1 aliphatic rings. The smallest absolute Gasteiger partial charge is 0.193 e. The summed E-state index contributed by atoms with van der Waals surface area (Å²) in [7, 11) is 3.73. The van der Waals surface area contributed by atoms with E-state index in [9.17, 15) is 4.39 Å². The first-order chi connectivity index (χ1) is 14.1. The summed E-state index contributed by atoms with van der Waals surface area (Å²) < 4.78 is 18.6. The Morgan fingerprint density at radius 3 is 2.72 bits per heavy atom. The van der Waals surface area contributed by atoms with Crippen LogP contribution in [0.15, 0.2) is 53.5 Å². The second-order valence-electron chi connectivity index (χ2n) is 7.45. The number of nitrogens with one attached hydrogen (secondary N) is 1. The number of halogens is 1. The third kappa shape index (κ3) is 5.62. The van der Waals surface area contributed by atoms with E-state index in [1.165, 1.54) is 12.1 Å². The Bertz CT molecular complexity index is 809. The van der Waals surface area contributed by atoms with E-state index in [0.717, 1.165) is 55.6 Å². The van der Waals surface area contributed by atoms with Crippen molar-refractivity contribution in [2.24, 2.45) is 10.9 Å². The molecule has 0 bridgehead atoms. The van der Waals surface area contributed by atoms with Crippen molar-refractivity contribution in [3.63, 3.8) is 0 Å². The minimum Gasteiger partial charge on any atom is -0.495 e. The van der Waals surface area contributed by atoms with Crippen LogP contribution in [0.1, 0.15) is 18.9 Å². The number of rotatable bonds is 7. The highest BCUT2D eigenvalue weighted by molar-refractivity contribution is 5.79. The van der Waals surface area contributed by atoms with Crippen molar-refractivity contribution in [1.82, 2.24) is 10.2 Å². The molecule has 1 N–H and O–H groups in total. The van der Waals surface area contributed by atoms with E-state index >= 15 is 0 Å². The number of ether oxygens (including phenoxy) is 1. The topological polar surface area (TPSA) is 40.1 Å². The molecule has 1 heterocycles. The second-order valence-corrected chi connectivity index (χ2v) is 7.45. The number of benzene rings is 2. The van der Waals surface area contributed by atoms with Gasteiger partial charge in [-0.25, -0.2) is 4.39 Å². The number of hydrogen-bond donors (Lipinski definition) is 1. The summed E-state index contributed by atoms with van der Waals surface area (Å²) in [6.45, 7) is 6.34. The molecule has 1 aliphatic heterocycles. The molecule has 6 heteroatoms. The van der Waals surface area contributed by atoms with Crippen molar-refractivity contribution >= 4 is 11.6 Å². The van der Waals surface area contributed by atoms with Gasteiger partial charge in [-0.15, -0.1) is 0 Å². The van der Waals surface area contributed by atoms with E-state index in [-0.39, 0.29) is 5.82 Å². The fourth-order valence-electron chi connectivity index (χ4n) is 3.72. The maximum absolute atomic E-state index is 13.1. The van der Waals surface area contributed by atoms with Crippen molar-refractivity contribution in [2.45, 2.75) is 19.9 Å². The summed E-state index contributed by atoms with van der Waals surface area (Å²) in [5.74, 6) is 2.10. The summed E-state index contributed by atoms with van der Waals surface area (Å²) in [5, 5.41) is 3.37. The molecule has 2 aromatic carbocycles. The summed E-state index contributed by atoms with van der Waals surface area (Å²) in [5.41, 5.74) is 2.21. The van der Waals surface area contributed by atoms with Gasteiger partial charge in [0.2, 0.25) is 0 Å². The van der Waals surface area contributed by atoms with Crippen molar-refractivity contribution in [3.05, 3.63) is 59.9 Å². The molecule has 5 nitrogen and oxygen atoms in total. The molecule has 1 unspecified atom stereocenters. The van der Waals surface area contributed by atoms with E-state index in [2.05, 4.69) is 34.2 Å². The van der Waals surface area contributed by atoms with Crippen LogP contribution in [0.4, 0.5) is 10.1 Å². The normalized spacial score (nSPS) is 16.8. The molecular weight excluding hydrogens is 367 g/mol. The average molecular weight is 399 g/mol. The van der Waals surface area contributed by atoms with Gasteiger partial charge in [-0.1, -0.05) is 24.3 Å². The first-order valence-electron chi connectivity index (χ1n) is 10.2. The summed E-state index contributed by atoms with van der Waals surface area (Å²) >= 11 is 0. The molecule has 0 spiro atoms. The first-order valence-corrected chi connectivity index (χ1v) is 10.2. The molecule has 29 heavy (non-hydrogen) atoms. The molecule has 0 aromatic heterocycles. The summed E-state index contributed by atoms with van der Waals surface area (Å²) in [6, 6.07) is 14.8. The third-order valence-corrected chi connectivity index (χ3v) is 5.24. The van der Waals surface area contributed by atoms with E-state index in [4.69, 9.17) is 9.73 Å². The Kier molecular flexibility index (Phi) is 7.33. The number of anilines is 1. The average Bonchev–Trinajstić information content (AvgIpc) is 3.21. The molecule has 0 saturated carbocycles. The second kappa shape index (κ2) is 10.1. The predicted molar refractivity (Wildman–Crippen MR) is 117 cm³/mol. The highest BCUT2D eigenvalue weighted by Gasteiger charge is 2.24. The van der Waals surface area contributed by atoms with Gasteiger partial charge in [-0.05, 0) is 49.1 Å². The lowest BCUT2D eigenvalue weighted by molar-refractivity contribution is 0.414. The minimum atomic E-state index is -0.210. The lowest BCUT2D eigenvalue weighted by Gasteiger charge is -2.23. The molecule has 1 fully saturated rings. The maximum atomic E-state index is 13.1. The van der Waals surface area contributed by atoms with Crippen LogP contribution in [-0.2, 0) is 6.54 Å². The van der Waals surface area contributed by atoms with E-state index in [0.29, 0.717) is 12.5 Å². The molecule has 0 aliphatic carbocycles. The Morgan fingerprint density at radius 2 is 2.00 bits per heavy atom. The molecule has 2 aromatic rings. The van der Waals surface area contributed by atoms with Crippen molar-refractivity contribution in [1.29, 1.82) is 0 Å². The summed E-state index contributed by atoms with van der Waals surface area (Å²) in [6.07, 6.45) is 1.11. The lowest BCUT2D eigenvalue weighted by atomic mass is 10.1. The monoisotopic (exact) mass is 398 g/mol. The Labute approximate surface area is 173 Å². The molecule has 0 radical (unpaired) electrons. The minimum absolute atomic E-state index is 0.210. The van der Waals surface area contributed by atoms with Gasteiger partial charge in [0.25, 0.3) is 0 Å². The van der Waals surface area contributed by atoms with Crippen LogP contribution >= 0.6 is 0 Å². The van der Waals surface area contributed by atoms with Crippen LogP contribution in [0, 0.1) is 11.7 Å². The zero-order valence-corrected chi connectivity index (χ0v) is 17.6. The van der Waals surface area contributed by atoms with Gasteiger partial charge >= 0.3 is 0 Å². The van der Waals surface area contributed by atoms with E-state index in [1.54, 1.807) is 7.11 Å². The SMILES string of the molecule is CCNC(=NCC1CCN(c2ccccc2OC)C1)N(C)Cc1ccc(F)cc1. The largest absolute Gasteiger partial charge is 0.495 e. The van der Waals surface area contributed by atoms with E-state index < -0.39 is 0 Å². The molecule has 3 rings (SSSR count). The van der Waals surface area contributed by atoms with Crippen LogP contribution in [0.5, 0.6) is 5.75 Å². The number of hydrogen-bond acceptors (Lipinski definition) is 3. The molecule has 1 saturated heterocycles. The highest BCUT2D eigenvalue weighted by Crippen LogP contribution is 2.32. The predicted octanol–water partition coefficient (Wildman–Crippen LogP) is 3.76. The van der Waals surface area contributed by atoms with Crippen molar-refractivity contribution < 1.29 is 9.13 Å².